The van der Waals surface area contributed by atoms with Crippen LogP contribution in [-0.2, 0) is 61.8 Å². The number of carbonyl (C=O) groups is 4. The van der Waals surface area contributed by atoms with Crippen LogP contribution in [0.1, 0.15) is 72.2 Å². The maximum absolute atomic E-state index is 13.4. The van der Waals surface area contributed by atoms with E-state index in [0.717, 1.165) is 32.7 Å². The fraction of sp³-hybridized carbons (Fsp3) is 0.231. The molecule has 0 amide bonds. The lowest BCUT2D eigenvalue weighted by Gasteiger charge is -2.30. The van der Waals surface area contributed by atoms with Gasteiger partial charge < -0.3 is 18.9 Å². The molecular weight excluding hydrogens is 809 g/mol. The third-order valence-corrected chi connectivity index (χ3v) is 10.7. The zero-order valence-electron chi connectivity index (χ0n) is 35.8. The third kappa shape index (κ3) is 9.43. The van der Waals surface area contributed by atoms with Gasteiger partial charge in [-0.15, -0.1) is 0 Å². The molecule has 6 rings (SSSR count). The summed E-state index contributed by atoms with van der Waals surface area (Å²) in [5.41, 5.74) is -1.21. The number of hydrogen-bond acceptors (Lipinski definition) is 12. The van der Waals surface area contributed by atoms with Crippen molar-refractivity contribution < 1.29 is 38.1 Å². The third-order valence-electron chi connectivity index (χ3n) is 10.7. The Bertz CT molecular complexity index is 2650. The van der Waals surface area contributed by atoms with Gasteiger partial charge in [0.1, 0.15) is 24.3 Å². The maximum atomic E-state index is 13.4. The van der Waals surface area contributed by atoms with Gasteiger partial charge in [0.2, 0.25) is 0 Å². The number of rotatable bonds is 14. The van der Waals surface area contributed by atoms with E-state index in [9.17, 15) is 40.2 Å². The van der Waals surface area contributed by atoms with Crippen molar-refractivity contribution in [1.82, 2.24) is 0 Å². The highest BCUT2D eigenvalue weighted by Crippen LogP contribution is 2.37. The molecule has 0 bridgehead atoms. The second kappa shape index (κ2) is 21.5. The molecule has 0 radical (unpaired) electrons. The highest BCUT2D eigenvalue weighted by molar-refractivity contribution is 6.08. The summed E-state index contributed by atoms with van der Waals surface area (Å²) in [4.78, 5) is 53.6. The molecule has 12 heteroatoms. The minimum absolute atomic E-state index is 0.0250. The molecule has 12 nitrogen and oxygen atoms in total. The van der Waals surface area contributed by atoms with Gasteiger partial charge in [-0.2, -0.15) is 21.0 Å². The van der Waals surface area contributed by atoms with E-state index in [4.69, 9.17) is 18.9 Å². The van der Waals surface area contributed by atoms with Gasteiger partial charge in [0.25, 0.3) is 0 Å². The highest BCUT2D eigenvalue weighted by atomic mass is 16.6. The van der Waals surface area contributed by atoms with Crippen molar-refractivity contribution in [3.8, 4) is 24.3 Å². The molecule has 0 aliphatic heterocycles. The number of fused-ring (bicyclic) bond motifs is 2. The average molecular weight is 853 g/mol. The topological polar surface area (TPSA) is 200 Å². The summed E-state index contributed by atoms with van der Waals surface area (Å²) in [7, 11) is 0. The summed E-state index contributed by atoms with van der Waals surface area (Å²) in [5, 5.41) is 41.3. The number of hydrogen-bond donors (Lipinski definition) is 0. The van der Waals surface area contributed by atoms with Crippen LogP contribution in [0.2, 0.25) is 0 Å². The van der Waals surface area contributed by atoms with Crippen LogP contribution < -0.4 is 0 Å². The molecular formula is C52H44N4O8. The first-order chi connectivity index (χ1) is 31.0. The van der Waals surface area contributed by atoms with Crippen LogP contribution in [-0.4, -0.2) is 50.3 Å². The molecule has 0 aliphatic rings. The number of nitriles is 4. The van der Waals surface area contributed by atoms with Gasteiger partial charge in [-0.05, 0) is 95.8 Å². The van der Waals surface area contributed by atoms with Gasteiger partial charge in [0.15, 0.2) is 10.8 Å². The standard InChI is InChI=1S/2C26H22N2O4/c2*1-3-31-24(29)26(25(30)32-4-2,22-13-12-20(16-27)21(14-22)17-28)15-19-10-7-9-18-8-5-6-11-23(18)19/h2*5-14H,3-4,15H2,1-2H3. The first-order valence-electron chi connectivity index (χ1n) is 20.5. The van der Waals surface area contributed by atoms with Crippen molar-refractivity contribution >= 4 is 45.4 Å². The molecule has 0 N–H and O–H groups in total. The quantitative estimate of drug-likeness (QED) is 0.0577. The van der Waals surface area contributed by atoms with Crippen molar-refractivity contribution in [2.75, 3.05) is 26.4 Å². The van der Waals surface area contributed by atoms with Crippen LogP contribution in [0.5, 0.6) is 0 Å². The van der Waals surface area contributed by atoms with E-state index < -0.39 is 34.7 Å². The van der Waals surface area contributed by atoms with E-state index in [2.05, 4.69) is 0 Å². The van der Waals surface area contributed by atoms with Crippen LogP contribution >= 0.6 is 0 Å². The Balaban J connectivity index is 0.000000241. The zero-order chi connectivity index (χ0) is 46.3. The Labute approximate surface area is 371 Å². The van der Waals surface area contributed by atoms with Gasteiger partial charge in [-0.25, -0.2) is 0 Å². The van der Waals surface area contributed by atoms with E-state index in [1.165, 1.54) is 36.4 Å². The monoisotopic (exact) mass is 852 g/mol. The molecule has 0 aliphatic carbocycles. The van der Waals surface area contributed by atoms with E-state index in [1.54, 1.807) is 27.7 Å². The molecule has 64 heavy (non-hydrogen) atoms. The number of ether oxygens (including phenoxy) is 4. The van der Waals surface area contributed by atoms with Crippen LogP contribution in [0, 0.1) is 45.3 Å². The number of esters is 4. The first kappa shape index (κ1) is 46.7. The summed E-state index contributed by atoms with van der Waals surface area (Å²) in [6.07, 6.45) is -0.0500. The maximum Gasteiger partial charge on any atom is 0.328 e. The molecule has 0 unspecified atom stereocenters. The molecule has 0 fully saturated rings. The molecule has 6 aromatic rings. The normalized spacial score (nSPS) is 10.8. The SMILES string of the molecule is CCOC(=O)C(Cc1cccc2ccccc12)(C(=O)OCC)c1ccc(C#N)c(C#N)c1.CCOC(=O)C(Cc1cccc2ccccc12)(C(=O)OCC)c1ccc(C#N)c(C#N)c1. The highest BCUT2D eigenvalue weighted by Gasteiger charge is 2.52. The van der Waals surface area contributed by atoms with E-state index in [-0.39, 0.29) is 72.6 Å². The van der Waals surface area contributed by atoms with E-state index >= 15 is 0 Å². The Kier molecular flexibility index (Phi) is 15.7. The molecule has 0 aromatic heterocycles. The Hall–Kier alpha value is -8.32. The van der Waals surface area contributed by atoms with Crippen molar-refractivity contribution in [3.63, 3.8) is 0 Å². The Morgan fingerprint density at radius 1 is 0.422 bits per heavy atom. The van der Waals surface area contributed by atoms with Crippen molar-refractivity contribution in [3.05, 3.63) is 166 Å². The minimum atomic E-state index is -1.84. The molecule has 0 spiro atoms. The molecule has 6 aromatic carbocycles. The zero-order valence-corrected chi connectivity index (χ0v) is 35.8. The van der Waals surface area contributed by atoms with Crippen LogP contribution in [0.15, 0.2) is 121 Å². The predicted molar refractivity (Wildman–Crippen MR) is 237 cm³/mol. The van der Waals surface area contributed by atoms with Gasteiger partial charge >= 0.3 is 23.9 Å². The number of carbonyl (C=O) groups excluding carboxylic acids is 4. The van der Waals surface area contributed by atoms with Crippen molar-refractivity contribution in [1.29, 1.82) is 21.0 Å². The molecule has 0 saturated carbocycles. The predicted octanol–water partition coefficient (Wildman–Crippen LogP) is 8.38. The average Bonchev–Trinajstić information content (AvgIpc) is 3.32. The van der Waals surface area contributed by atoms with Gasteiger partial charge in [0, 0.05) is 12.8 Å². The lowest BCUT2D eigenvalue weighted by atomic mass is 9.74. The van der Waals surface area contributed by atoms with Crippen LogP contribution in [0.4, 0.5) is 0 Å². The smallest absolute Gasteiger partial charge is 0.328 e. The fourth-order valence-corrected chi connectivity index (χ4v) is 7.61. The lowest BCUT2D eigenvalue weighted by Crippen LogP contribution is -2.48. The van der Waals surface area contributed by atoms with Crippen LogP contribution in [0.25, 0.3) is 21.5 Å². The summed E-state index contributed by atoms with van der Waals surface area (Å²) < 4.78 is 21.4. The summed E-state index contributed by atoms with van der Waals surface area (Å²) in [6, 6.07) is 43.2. The molecule has 0 atom stereocenters. The first-order valence-corrected chi connectivity index (χ1v) is 20.5. The van der Waals surface area contributed by atoms with E-state index in [1.807, 2.05) is 109 Å². The lowest BCUT2D eigenvalue weighted by molar-refractivity contribution is -0.166. The van der Waals surface area contributed by atoms with Gasteiger partial charge in [0.05, 0.1) is 48.7 Å². The van der Waals surface area contributed by atoms with Crippen molar-refractivity contribution in [2.24, 2.45) is 0 Å². The largest absolute Gasteiger partial charge is 0.465 e. The summed E-state index contributed by atoms with van der Waals surface area (Å²) in [6.45, 7) is 6.90. The van der Waals surface area contributed by atoms with Crippen LogP contribution in [0.3, 0.4) is 0 Å². The Morgan fingerprint density at radius 2 is 0.734 bits per heavy atom. The summed E-state index contributed by atoms with van der Waals surface area (Å²) in [5.74, 6) is -3.06. The summed E-state index contributed by atoms with van der Waals surface area (Å²) >= 11 is 0. The molecule has 0 heterocycles. The number of benzene rings is 6. The minimum Gasteiger partial charge on any atom is -0.465 e. The number of nitrogens with zero attached hydrogens (tertiary/aromatic N) is 4. The molecule has 0 saturated heterocycles. The second-order valence-electron chi connectivity index (χ2n) is 14.3. The second-order valence-corrected chi connectivity index (χ2v) is 14.3. The Morgan fingerprint density at radius 3 is 1.05 bits per heavy atom. The van der Waals surface area contributed by atoms with E-state index in [0.29, 0.717) is 0 Å². The van der Waals surface area contributed by atoms with Crippen molar-refractivity contribution in [2.45, 2.75) is 51.4 Å². The molecule has 320 valence electrons. The van der Waals surface area contributed by atoms with Gasteiger partial charge in [-0.1, -0.05) is 97.1 Å². The fourth-order valence-electron chi connectivity index (χ4n) is 7.61. The van der Waals surface area contributed by atoms with Gasteiger partial charge in [-0.3, -0.25) is 19.2 Å².